The molecule has 1 aromatic heterocycles. The molecule has 112 valence electrons. The second-order valence-corrected chi connectivity index (χ2v) is 6.11. The van der Waals surface area contributed by atoms with Gasteiger partial charge in [-0.15, -0.1) is 11.3 Å². The standard InChI is InChI=1S/C13H21N3O3S/c1-7(17)8-3-5-16(6-4-8)13-10(19-2)9(14)11(20-13)12(15)18/h7-8,17H,3-6,14H2,1-2H3,(H2,15,18). The topological polar surface area (TPSA) is 102 Å². The Morgan fingerprint density at radius 3 is 2.55 bits per heavy atom. The van der Waals surface area contributed by atoms with Gasteiger partial charge in [0.05, 0.1) is 13.2 Å². The van der Waals surface area contributed by atoms with Crippen LogP contribution < -0.4 is 21.1 Å². The van der Waals surface area contributed by atoms with E-state index >= 15 is 0 Å². The molecule has 1 atom stereocenters. The number of rotatable bonds is 4. The van der Waals surface area contributed by atoms with Crippen LogP contribution in [-0.2, 0) is 0 Å². The number of anilines is 2. The molecule has 1 fully saturated rings. The van der Waals surface area contributed by atoms with E-state index in [1.807, 2.05) is 6.92 Å². The summed E-state index contributed by atoms with van der Waals surface area (Å²) in [7, 11) is 1.54. The Kier molecular flexibility index (Phi) is 4.39. The van der Waals surface area contributed by atoms with Gasteiger partial charge in [-0.1, -0.05) is 0 Å². The molecule has 0 aliphatic carbocycles. The summed E-state index contributed by atoms with van der Waals surface area (Å²) in [5.41, 5.74) is 11.6. The van der Waals surface area contributed by atoms with Crippen molar-refractivity contribution in [2.75, 3.05) is 30.8 Å². The second kappa shape index (κ2) is 5.88. The number of hydrogen-bond donors (Lipinski definition) is 3. The number of ether oxygens (including phenoxy) is 1. The van der Waals surface area contributed by atoms with Crippen molar-refractivity contribution in [3.63, 3.8) is 0 Å². The molecular formula is C13H21N3O3S. The van der Waals surface area contributed by atoms with Gasteiger partial charge in [0.1, 0.15) is 15.6 Å². The van der Waals surface area contributed by atoms with E-state index in [-0.39, 0.29) is 6.10 Å². The molecule has 0 aromatic carbocycles. The first kappa shape index (κ1) is 14.9. The molecule has 2 heterocycles. The van der Waals surface area contributed by atoms with Crippen LogP contribution in [0.2, 0.25) is 0 Å². The lowest BCUT2D eigenvalue weighted by Gasteiger charge is -2.34. The van der Waals surface area contributed by atoms with Gasteiger partial charge in [0.2, 0.25) is 0 Å². The zero-order valence-electron chi connectivity index (χ0n) is 11.8. The third kappa shape index (κ3) is 2.69. The van der Waals surface area contributed by atoms with Gasteiger partial charge in [0, 0.05) is 13.1 Å². The highest BCUT2D eigenvalue weighted by Gasteiger charge is 2.28. The van der Waals surface area contributed by atoms with Crippen LogP contribution in [0.25, 0.3) is 0 Å². The van der Waals surface area contributed by atoms with E-state index in [9.17, 15) is 9.90 Å². The van der Waals surface area contributed by atoms with Gasteiger partial charge < -0.3 is 26.2 Å². The fraction of sp³-hybridized carbons (Fsp3) is 0.615. The molecule has 0 spiro atoms. The Morgan fingerprint density at radius 1 is 1.50 bits per heavy atom. The van der Waals surface area contributed by atoms with Gasteiger partial charge in [-0.05, 0) is 25.7 Å². The molecule has 1 aliphatic heterocycles. The molecule has 1 aliphatic rings. The Hall–Kier alpha value is -1.47. The first-order valence-electron chi connectivity index (χ1n) is 6.64. The van der Waals surface area contributed by atoms with Crippen LogP contribution in [0.5, 0.6) is 5.75 Å². The van der Waals surface area contributed by atoms with Gasteiger partial charge in [-0.25, -0.2) is 0 Å². The minimum Gasteiger partial charge on any atom is -0.492 e. The summed E-state index contributed by atoms with van der Waals surface area (Å²) >= 11 is 1.27. The Balaban J connectivity index is 2.21. The van der Waals surface area contributed by atoms with Gasteiger partial charge in [-0.3, -0.25) is 4.79 Å². The first-order chi connectivity index (χ1) is 9.45. The van der Waals surface area contributed by atoms with E-state index in [1.165, 1.54) is 18.4 Å². The zero-order chi connectivity index (χ0) is 14.9. The maximum Gasteiger partial charge on any atom is 0.261 e. The molecule has 20 heavy (non-hydrogen) atoms. The molecule has 0 radical (unpaired) electrons. The van der Waals surface area contributed by atoms with Crippen molar-refractivity contribution in [1.29, 1.82) is 0 Å². The van der Waals surface area contributed by atoms with Crippen LogP contribution in [0.4, 0.5) is 10.7 Å². The van der Waals surface area contributed by atoms with E-state index in [0.29, 0.717) is 22.2 Å². The second-order valence-electron chi connectivity index (χ2n) is 5.11. The summed E-state index contributed by atoms with van der Waals surface area (Å²) in [6, 6.07) is 0. The fourth-order valence-electron chi connectivity index (χ4n) is 2.59. The highest BCUT2D eigenvalue weighted by atomic mass is 32.1. The van der Waals surface area contributed by atoms with Gasteiger partial charge in [0.15, 0.2) is 5.75 Å². The van der Waals surface area contributed by atoms with Crippen LogP contribution in [0.15, 0.2) is 0 Å². The first-order valence-corrected chi connectivity index (χ1v) is 7.46. The normalized spacial score (nSPS) is 18.1. The van der Waals surface area contributed by atoms with Crippen molar-refractivity contribution in [3.8, 4) is 5.75 Å². The zero-order valence-corrected chi connectivity index (χ0v) is 12.6. The molecule has 6 nitrogen and oxygen atoms in total. The summed E-state index contributed by atoms with van der Waals surface area (Å²) < 4.78 is 5.32. The van der Waals surface area contributed by atoms with Crippen molar-refractivity contribution < 1.29 is 14.6 Å². The average molecular weight is 299 g/mol. The quantitative estimate of drug-likeness (QED) is 0.771. The number of primary amides is 1. The maximum absolute atomic E-state index is 11.4. The minimum absolute atomic E-state index is 0.284. The monoisotopic (exact) mass is 299 g/mol. The Morgan fingerprint density at radius 2 is 2.10 bits per heavy atom. The predicted octanol–water partition coefficient (Wildman–Crippen LogP) is 1.04. The number of aliphatic hydroxyl groups is 1. The highest BCUT2D eigenvalue weighted by Crippen LogP contribution is 2.45. The molecule has 2 rings (SSSR count). The number of methoxy groups -OCH3 is 1. The molecule has 1 unspecified atom stereocenters. The van der Waals surface area contributed by atoms with Crippen molar-refractivity contribution in [3.05, 3.63) is 4.88 Å². The highest BCUT2D eigenvalue weighted by molar-refractivity contribution is 7.19. The predicted molar refractivity (Wildman–Crippen MR) is 80.4 cm³/mol. The molecule has 5 N–H and O–H groups in total. The summed E-state index contributed by atoms with van der Waals surface area (Å²) in [5, 5.41) is 10.5. The van der Waals surface area contributed by atoms with Crippen molar-refractivity contribution in [2.45, 2.75) is 25.9 Å². The number of carbonyl (C=O) groups is 1. The lowest BCUT2D eigenvalue weighted by atomic mass is 9.92. The molecule has 1 saturated heterocycles. The summed E-state index contributed by atoms with van der Waals surface area (Å²) in [6.07, 6.45) is 1.53. The Bertz CT molecular complexity index is 493. The summed E-state index contributed by atoms with van der Waals surface area (Å²) in [5.74, 6) is 0.320. The molecule has 1 amide bonds. The van der Waals surface area contributed by atoms with Gasteiger partial charge in [-0.2, -0.15) is 0 Å². The number of nitrogen functional groups attached to an aromatic ring is 1. The number of thiophene rings is 1. The van der Waals surface area contributed by atoms with E-state index in [1.54, 1.807) is 0 Å². The van der Waals surface area contributed by atoms with Crippen LogP contribution in [-0.4, -0.2) is 37.3 Å². The lowest BCUT2D eigenvalue weighted by Crippen LogP contribution is -2.36. The smallest absolute Gasteiger partial charge is 0.261 e. The van der Waals surface area contributed by atoms with Gasteiger partial charge in [0.25, 0.3) is 5.91 Å². The average Bonchev–Trinajstić information content (AvgIpc) is 2.75. The third-order valence-corrected chi connectivity index (χ3v) is 5.08. The molecular weight excluding hydrogens is 278 g/mol. The van der Waals surface area contributed by atoms with Crippen LogP contribution in [0.3, 0.4) is 0 Å². The number of carbonyl (C=O) groups excluding carboxylic acids is 1. The lowest BCUT2D eigenvalue weighted by molar-refractivity contribution is 0.100. The third-order valence-electron chi connectivity index (χ3n) is 3.82. The van der Waals surface area contributed by atoms with Crippen LogP contribution >= 0.6 is 11.3 Å². The number of piperidine rings is 1. The van der Waals surface area contributed by atoms with Crippen molar-refractivity contribution in [2.24, 2.45) is 11.7 Å². The number of hydrogen-bond acceptors (Lipinski definition) is 6. The minimum atomic E-state index is -0.532. The number of nitrogens with zero attached hydrogens (tertiary/aromatic N) is 1. The molecule has 7 heteroatoms. The van der Waals surface area contributed by atoms with Crippen molar-refractivity contribution >= 4 is 27.9 Å². The van der Waals surface area contributed by atoms with Crippen LogP contribution in [0, 0.1) is 5.92 Å². The number of aliphatic hydroxyl groups excluding tert-OH is 1. The van der Waals surface area contributed by atoms with E-state index < -0.39 is 5.91 Å². The van der Waals surface area contributed by atoms with E-state index in [0.717, 1.165) is 30.9 Å². The molecule has 0 bridgehead atoms. The summed E-state index contributed by atoms with van der Waals surface area (Å²) in [6.45, 7) is 3.45. The van der Waals surface area contributed by atoms with Gasteiger partial charge >= 0.3 is 0 Å². The summed E-state index contributed by atoms with van der Waals surface area (Å²) in [4.78, 5) is 13.9. The van der Waals surface area contributed by atoms with Crippen LogP contribution in [0.1, 0.15) is 29.4 Å². The van der Waals surface area contributed by atoms with E-state index in [4.69, 9.17) is 16.2 Å². The SMILES string of the molecule is COc1c(N2CCC(C(C)O)CC2)sc(C(N)=O)c1N. The Labute approximate surface area is 122 Å². The number of amides is 1. The number of nitrogens with two attached hydrogens (primary N) is 2. The fourth-order valence-corrected chi connectivity index (χ4v) is 3.68. The largest absolute Gasteiger partial charge is 0.492 e. The maximum atomic E-state index is 11.4. The molecule has 1 aromatic rings. The van der Waals surface area contributed by atoms with Crippen molar-refractivity contribution in [1.82, 2.24) is 0 Å². The molecule has 0 saturated carbocycles. The van der Waals surface area contributed by atoms with E-state index in [2.05, 4.69) is 4.90 Å².